The van der Waals surface area contributed by atoms with Gasteiger partial charge in [0.2, 0.25) is 10.0 Å². The van der Waals surface area contributed by atoms with Gasteiger partial charge in [0.05, 0.1) is 41.8 Å². The standard InChI is InChI=1S/C23H25F2N3O4S2/c24-19-4-1-5-20(25)18(19)15-33-23-26-21-13-17(34(29,30)27-8-11-31-12-9-27)6-7-22(21)28(23)14-16-3-2-10-32-16/h1,4-7,13,16H,2-3,8-12,14-15H2/t16-/m0/s1. The number of hydrogen-bond acceptors (Lipinski definition) is 6. The van der Waals surface area contributed by atoms with Crippen molar-refractivity contribution >= 4 is 32.8 Å². The highest BCUT2D eigenvalue weighted by atomic mass is 32.2. The average molecular weight is 510 g/mol. The van der Waals surface area contributed by atoms with Crippen LogP contribution in [0.4, 0.5) is 8.78 Å². The van der Waals surface area contributed by atoms with E-state index in [0.717, 1.165) is 18.4 Å². The van der Waals surface area contributed by atoms with Gasteiger partial charge in [-0.1, -0.05) is 17.8 Å². The van der Waals surface area contributed by atoms with Crippen molar-refractivity contribution in [3.8, 4) is 0 Å². The zero-order valence-corrected chi connectivity index (χ0v) is 20.1. The summed E-state index contributed by atoms with van der Waals surface area (Å²) in [5.41, 5.74) is 1.26. The van der Waals surface area contributed by atoms with Crippen molar-refractivity contribution in [1.82, 2.24) is 13.9 Å². The molecule has 2 saturated heterocycles. The molecule has 3 heterocycles. The van der Waals surface area contributed by atoms with Crippen molar-refractivity contribution in [2.75, 3.05) is 32.9 Å². The number of rotatable bonds is 7. The van der Waals surface area contributed by atoms with E-state index in [1.807, 2.05) is 4.57 Å². The largest absolute Gasteiger partial charge is 0.379 e. The Balaban J connectivity index is 1.49. The number of fused-ring (bicyclic) bond motifs is 1. The van der Waals surface area contributed by atoms with Crippen LogP contribution in [0, 0.1) is 11.6 Å². The topological polar surface area (TPSA) is 73.7 Å². The zero-order chi connectivity index (χ0) is 23.7. The Morgan fingerprint density at radius 2 is 1.85 bits per heavy atom. The smallest absolute Gasteiger partial charge is 0.243 e. The highest BCUT2D eigenvalue weighted by Gasteiger charge is 2.28. The first-order valence-electron chi connectivity index (χ1n) is 11.2. The van der Waals surface area contributed by atoms with E-state index < -0.39 is 21.7 Å². The van der Waals surface area contributed by atoms with Crippen LogP contribution in [0.2, 0.25) is 0 Å². The zero-order valence-electron chi connectivity index (χ0n) is 18.5. The maximum Gasteiger partial charge on any atom is 0.243 e. The quantitative estimate of drug-likeness (QED) is 0.451. The van der Waals surface area contributed by atoms with Gasteiger partial charge < -0.3 is 14.0 Å². The van der Waals surface area contributed by atoms with Crippen LogP contribution in [0.1, 0.15) is 18.4 Å². The van der Waals surface area contributed by atoms with Gasteiger partial charge in [0.1, 0.15) is 11.6 Å². The monoisotopic (exact) mass is 509 g/mol. The lowest BCUT2D eigenvalue weighted by molar-refractivity contribution is 0.0730. The Labute approximate surface area is 201 Å². The van der Waals surface area contributed by atoms with Crippen LogP contribution in [-0.4, -0.2) is 61.3 Å². The molecule has 2 aromatic carbocycles. The summed E-state index contributed by atoms with van der Waals surface area (Å²) in [5, 5.41) is 0.564. The third-order valence-corrected chi connectivity index (χ3v) is 9.01. The number of morpholine rings is 1. The molecular weight excluding hydrogens is 484 g/mol. The van der Waals surface area contributed by atoms with E-state index in [2.05, 4.69) is 4.98 Å². The summed E-state index contributed by atoms with van der Waals surface area (Å²) in [6.45, 7) is 2.58. The molecule has 11 heteroatoms. The highest BCUT2D eigenvalue weighted by molar-refractivity contribution is 7.98. The number of sulfonamides is 1. The minimum atomic E-state index is -3.67. The minimum absolute atomic E-state index is 0.0127. The molecule has 7 nitrogen and oxygen atoms in total. The molecule has 3 aromatic rings. The Kier molecular flexibility index (Phi) is 6.90. The molecule has 2 fully saturated rings. The Morgan fingerprint density at radius 1 is 1.09 bits per heavy atom. The molecule has 2 aliphatic heterocycles. The fourth-order valence-electron chi connectivity index (χ4n) is 4.27. The molecular formula is C23H25F2N3O4S2. The van der Waals surface area contributed by atoms with Crippen molar-refractivity contribution in [2.24, 2.45) is 0 Å². The molecule has 0 saturated carbocycles. The van der Waals surface area contributed by atoms with Crippen molar-refractivity contribution in [3.63, 3.8) is 0 Å². The fourth-order valence-corrected chi connectivity index (χ4v) is 6.74. The van der Waals surface area contributed by atoms with Crippen molar-refractivity contribution in [2.45, 2.75) is 41.3 Å². The second-order valence-corrected chi connectivity index (χ2v) is 11.2. The van der Waals surface area contributed by atoms with Crippen molar-refractivity contribution in [1.29, 1.82) is 0 Å². The Hall–Kier alpha value is -2.05. The summed E-state index contributed by atoms with van der Waals surface area (Å²) in [6, 6.07) is 8.71. The van der Waals surface area contributed by atoms with Gasteiger partial charge >= 0.3 is 0 Å². The summed E-state index contributed by atoms with van der Waals surface area (Å²) >= 11 is 1.22. The van der Waals surface area contributed by atoms with E-state index in [1.165, 1.54) is 34.3 Å². The van der Waals surface area contributed by atoms with Crippen LogP contribution in [-0.2, 0) is 31.8 Å². The molecule has 2 aliphatic rings. The second kappa shape index (κ2) is 9.90. The third-order valence-electron chi connectivity index (χ3n) is 6.11. The number of thioether (sulfide) groups is 1. The van der Waals surface area contributed by atoms with E-state index >= 15 is 0 Å². The molecule has 0 aliphatic carbocycles. The summed E-state index contributed by atoms with van der Waals surface area (Å²) < 4.78 is 69.0. The first-order chi connectivity index (χ1) is 16.4. The van der Waals surface area contributed by atoms with Crippen LogP contribution < -0.4 is 0 Å². The molecule has 0 unspecified atom stereocenters. The highest BCUT2D eigenvalue weighted by Crippen LogP contribution is 2.31. The second-order valence-electron chi connectivity index (χ2n) is 8.30. The van der Waals surface area contributed by atoms with Crippen molar-refractivity contribution in [3.05, 3.63) is 53.6 Å². The number of hydrogen-bond donors (Lipinski definition) is 0. The molecule has 0 radical (unpaired) electrons. The average Bonchev–Trinajstić information content (AvgIpc) is 3.47. The maximum absolute atomic E-state index is 14.2. The first-order valence-corrected chi connectivity index (χ1v) is 13.6. The molecule has 5 rings (SSSR count). The molecule has 1 aromatic heterocycles. The summed E-state index contributed by atoms with van der Waals surface area (Å²) in [7, 11) is -3.67. The molecule has 34 heavy (non-hydrogen) atoms. The lowest BCUT2D eigenvalue weighted by Gasteiger charge is -2.26. The summed E-state index contributed by atoms with van der Waals surface area (Å²) in [5.74, 6) is -1.15. The van der Waals surface area contributed by atoms with Gasteiger partial charge in [-0.2, -0.15) is 4.31 Å². The number of imidazole rings is 1. The lowest BCUT2D eigenvalue weighted by atomic mass is 10.2. The Morgan fingerprint density at radius 3 is 2.56 bits per heavy atom. The molecule has 0 amide bonds. The third kappa shape index (κ3) is 4.72. The number of halogens is 2. The van der Waals surface area contributed by atoms with Crippen LogP contribution >= 0.6 is 11.8 Å². The van der Waals surface area contributed by atoms with E-state index in [-0.39, 0.29) is 22.3 Å². The number of nitrogens with zero attached hydrogens (tertiary/aromatic N) is 3. The number of aromatic nitrogens is 2. The van der Waals surface area contributed by atoms with Crippen LogP contribution in [0.25, 0.3) is 11.0 Å². The van der Waals surface area contributed by atoms with Crippen LogP contribution in [0.5, 0.6) is 0 Å². The van der Waals surface area contributed by atoms with Gasteiger partial charge in [-0.25, -0.2) is 22.2 Å². The van der Waals surface area contributed by atoms with E-state index in [9.17, 15) is 17.2 Å². The van der Waals surface area contributed by atoms with Crippen molar-refractivity contribution < 1.29 is 26.7 Å². The number of ether oxygens (including phenoxy) is 2. The summed E-state index contributed by atoms with van der Waals surface area (Å²) in [6.07, 6.45) is 1.90. The number of benzene rings is 2. The first kappa shape index (κ1) is 23.7. The molecule has 1 atom stereocenters. The van der Waals surface area contributed by atoms with Gasteiger partial charge in [0.15, 0.2) is 5.16 Å². The van der Waals surface area contributed by atoms with Gasteiger partial charge in [-0.05, 0) is 43.2 Å². The van der Waals surface area contributed by atoms with Gasteiger partial charge in [-0.15, -0.1) is 0 Å². The summed E-state index contributed by atoms with van der Waals surface area (Å²) in [4.78, 5) is 4.83. The van der Waals surface area contributed by atoms with E-state index in [4.69, 9.17) is 9.47 Å². The van der Waals surface area contributed by atoms with E-state index in [0.29, 0.717) is 50.1 Å². The lowest BCUT2D eigenvalue weighted by Crippen LogP contribution is -2.40. The predicted molar refractivity (Wildman–Crippen MR) is 124 cm³/mol. The predicted octanol–water partition coefficient (Wildman–Crippen LogP) is 3.81. The molecule has 0 spiro atoms. The minimum Gasteiger partial charge on any atom is -0.379 e. The maximum atomic E-state index is 14.2. The molecule has 0 N–H and O–H groups in total. The van der Waals surface area contributed by atoms with Crippen LogP contribution in [0.15, 0.2) is 46.5 Å². The van der Waals surface area contributed by atoms with E-state index in [1.54, 1.807) is 18.2 Å². The SMILES string of the molecule is O=S(=O)(c1ccc2c(c1)nc(SCc1c(F)cccc1F)n2C[C@@H]1CCCO1)N1CCOCC1. The normalized spacial score (nSPS) is 19.8. The fraction of sp³-hybridized carbons (Fsp3) is 0.435. The van der Waals surface area contributed by atoms with Gasteiger partial charge in [0, 0.05) is 31.0 Å². The van der Waals surface area contributed by atoms with Gasteiger partial charge in [0.25, 0.3) is 0 Å². The molecule has 0 bridgehead atoms. The van der Waals surface area contributed by atoms with Gasteiger partial charge in [-0.3, -0.25) is 0 Å². The Bertz CT molecular complexity index is 1270. The van der Waals surface area contributed by atoms with Crippen LogP contribution in [0.3, 0.4) is 0 Å². The molecule has 182 valence electrons.